The van der Waals surface area contributed by atoms with Gasteiger partial charge in [-0.05, 0) is 6.92 Å². The Labute approximate surface area is 151 Å². The molecule has 2 aromatic heterocycles. The van der Waals surface area contributed by atoms with Crippen molar-refractivity contribution >= 4 is 41.5 Å². The van der Waals surface area contributed by atoms with Crippen molar-refractivity contribution in [3.05, 3.63) is 28.6 Å². The predicted octanol–water partition coefficient (Wildman–Crippen LogP) is -1.20. The molecule has 142 valence electrons. The Balaban J connectivity index is 2.47. The van der Waals surface area contributed by atoms with Crippen LogP contribution in [0.2, 0.25) is 0 Å². The number of aliphatic carboxylic acids is 2. The molecule has 0 radical (unpaired) electrons. The molecule has 0 spiro atoms. The van der Waals surface area contributed by atoms with Crippen molar-refractivity contribution in [2.24, 2.45) is 0 Å². The van der Waals surface area contributed by atoms with E-state index in [4.69, 9.17) is 15.9 Å². The van der Waals surface area contributed by atoms with E-state index in [9.17, 15) is 19.2 Å². The van der Waals surface area contributed by atoms with E-state index in [0.717, 1.165) is 15.8 Å². The fourth-order valence-corrected chi connectivity index (χ4v) is 2.14. The van der Waals surface area contributed by atoms with Gasteiger partial charge in [-0.25, -0.2) is 14.8 Å². The van der Waals surface area contributed by atoms with Gasteiger partial charge in [0, 0.05) is 11.8 Å². The van der Waals surface area contributed by atoms with E-state index >= 15 is 0 Å². The SMILES string of the molecule is Cc1cn(CC(=O)O)c(=O)nc1Nc1c(N)ncnc1N(C=O)CC(=O)O. The smallest absolute Gasteiger partial charge is 0.350 e. The molecule has 13 nitrogen and oxygen atoms in total. The summed E-state index contributed by atoms with van der Waals surface area (Å²) in [6.07, 6.45) is 2.58. The van der Waals surface area contributed by atoms with Crippen molar-refractivity contribution in [3.63, 3.8) is 0 Å². The predicted molar refractivity (Wildman–Crippen MR) is 91.6 cm³/mol. The largest absolute Gasteiger partial charge is 0.480 e. The standard InChI is InChI=1S/C14H15N7O6/c1-7-2-20(3-8(23)24)14(27)19-12(7)18-10-11(15)16-5-17-13(10)21(6-22)4-9(25)26/h2,5-6H,3-4H2,1H3,(H,23,24)(H,25,26)(H2,15,16,17)(H,18,19,27). The van der Waals surface area contributed by atoms with Gasteiger partial charge in [0.25, 0.3) is 0 Å². The van der Waals surface area contributed by atoms with E-state index in [0.29, 0.717) is 5.56 Å². The van der Waals surface area contributed by atoms with Crippen LogP contribution in [0.15, 0.2) is 17.3 Å². The molecule has 0 unspecified atom stereocenters. The lowest BCUT2D eigenvalue weighted by Crippen LogP contribution is -2.30. The number of nitrogen functional groups attached to an aromatic ring is 1. The van der Waals surface area contributed by atoms with Crippen molar-refractivity contribution < 1.29 is 24.6 Å². The lowest BCUT2D eigenvalue weighted by atomic mass is 10.3. The van der Waals surface area contributed by atoms with E-state index in [1.165, 1.54) is 6.20 Å². The minimum absolute atomic E-state index is 0.0190. The Bertz CT molecular complexity index is 957. The highest BCUT2D eigenvalue weighted by Gasteiger charge is 2.20. The molecule has 0 bridgehead atoms. The Morgan fingerprint density at radius 1 is 1.33 bits per heavy atom. The van der Waals surface area contributed by atoms with E-state index in [-0.39, 0.29) is 29.6 Å². The first-order chi connectivity index (χ1) is 12.7. The number of amides is 1. The highest BCUT2D eigenvalue weighted by Crippen LogP contribution is 2.30. The number of carbonyl (C=O) groups excluding carboxylic acids is 1. The first-order valence-electron chi connectivity index (χ1n) is 7.34. The van der Waals surface area contributed by atoms with Crippen LogP contribution in [0.3, 0.4) is 0 Å². The highest BCUT2D eigenvalue weighted by molar-refractivity contribution is 5.91. The monoisotopic (exact) mass is 377 g/mol. The van der Waals surface area contributed by atoms with Crippen LogP contribution in [-0.4, -0.2) is 54.6 Å². The number of nitrogens with one attached hydrogen (secondary N) is 1. The third kappa shape index (κ3) is 4.53. The minimum Gasteiger partial charge on any atom is -0.480 e. The van der Waals surface area contributed by atoms with Crippen LogP contribution in [0.25, 0.3) is 0 Å². The quantitative estimate of drug-likeness (QED) is 0.403. The molecular weight excluding hydrogens is 362 g/mol. The van der Waals surface area contributed by atoms with Crippen molar-refractivity contribution in [2.45, 2.75) is 13.5 Å². The van der Waals surface area contributed by atoms with Gasteiger partial charge in [-0.2, -0.15) is 4.98 Å². The zero-order valence-corrected chi connectivity index (χ0v) is 14.0. The van der Waals surface area contributed by atoms with Crippen molar-refractivity contribution in [2.75, 3.05) is 22.5 Å². The van der Waals surface area contributed by atoms with Crippen LogP contribution in [0.5, 0.6) is 0 Å². The summed E-state index contributed by atoms with van der Waals surface area (Å²) in [6.45, 7) is 0.315. The molecule has 0 aromatic carbocycles. The van der Waals surface area contributed by atoms with E-state index in [1.54, 1.807) is 6.92 Å². The number of carboxylic acid groups (broad SMARTS) is 2. The van der Waals surface area contributed by atoms with Gasteiger partial charge >= 0.3 is 17.6 Å². The van der Waals surface area contributed by atoms with Crippen LogP contribution < -0.4 is 21.6 Å². The Hall–Kier alpha value is -4.03. The number of hydrogen-bond acceptors (Lipinski definition) is 9. The summed E-state index contributed by atoms with van der Waals surface area (Å²) < 4.78 is 0.900. The number of aryl methyl sites for hydroxylation is 1. The van der Waals surface area contributed by atoms with Gasteiger partial charge in [-0.15, -0.1) is 0 Å². The molecule has 5 N–H and O–H groups in total. The summed E-state index contributed by atoms with van der Waals surface area (Å²) >= 11 is 0. The number of carbonyl (C=O) groups is 3. The number of carboxylic acids is 2. The molecule has 0 fully saturated rings. The van der Waals surface area contributed by atoms with E-state index in [1.807, 2.05) is 0 Å². The number of anilines is 4. The van der Waals surface area contributed by atoms with Gasteiger partial charge in [-0.3, -0.25) is 23.9 Å². The Morgan fingerprint density at radius 3 is 2.63 bits per heavy atom. The first kappa shape index (κ1) is 19.3. The summed E-state index contributed by atoms with van der Waals surface area (Å²) in [5.74, 6) is -2.72. The lowest BCUT2D eigenvalue weighted by molar-refractivity contribution is -0.138. The molecule has 2 aromatic rings. The summed E-state index contributed by atoms with van der Waals surface area (Å²) in [6, 6.07) is 0. The van der Waals surface area contributed by atoms with Crippen LogP contribution in [0.4, 0.5) is 23.1 Å². The van der Waals surface area contributed by atoms with E-state index in [2.05, 4.69) is 20.3 Å². The number of aromatic nitrogens is 4. The Morgan fingerprint density at radius 2 is 2.04 bits per heavy atom. The molecule has 0 aliphatic rings. The topological polar surface area (TPSA) is 194 Å². The van der Waals surface area contributed by atoms with Crippen molar-refractivity contribution in [1.82, 2.24) is 19.5 Å². The van der Waals surface area contributed by atoms with Crippen molar-refractivity contribution in [3.8, 4) is 0 Å². The van der Waals surface area contributed by atoms with Gasteiger partial charge in [0.1, 0.15) is 30.9 Å². The molecule has 1 amide bonds. The third-order valence-corrected chi connectivity index (χ3v) is 3.29. The lowest BCUT2D eigenvalue weighted by Gasteiger charge is -2.19. The van der Waals surface area contributed by atoms with Crippen LogP contribution in [-0.2, 0) is 20.9 Å². The summed E-state index contributed by atoms with van der Waals surface area (Å²) in [5, 5.41) is 20.4. The maximum absolute atomic E-state index is 12.0. The fourth-order valence-electron chi connectivity index (χ4n) is 2.14. The average Bonchev–Trinajstić information content (AvgIpc) is 2.58. The second-order valence-corrected chi connectivity index (χ2v) is 5.29. The number of nitrogens with zero attached hydrogens (tertiary/aromatic N) is 5. The molecule has 0 saturated heterocycles. The van der Waals surface area contributed by atoms with Gasteiger partial charge in [0.05, 0.1) is 0 Å². The zero-order valence-electron chi connectivity index (χ0n) is 14.0. The van der Waals surface area contributed by atoms with Gasteiger partial charge in [0.2, 0.25) is 6.41 Å². The van der Waals surface area contributed by atoms with Crippen LogP contribution >= 0.6 is 0 Å². The number of rotatable bonds is 8. The Kier molecular flexibility index (Phi) is 5.65. The van der Waals surface area contributed by atoms with Crippen molar-refractivity contribution in [1.29, 1.82) is 0 Å². The van der Waals surface area contributed by atoms with Gasteiger partial charge < -0.3 is 21.3 Å². The zero-order chi connectivity index (χ0) is 20.1. The molecule has 0 saturated carbocycles. The second-order valence-electron chi connectivity index (χ2n) is 5.29. The normalized spacial score (nSPS) is 10.3. The molecule has 0 aliphatic heterocycles. The molecule has 27 heavy (non-hydrogen) atoms. The van der Waals surface area contributed by atoms with Crippen LogP contribution in [0.1, 0.15) is 5.56 Å². The molecule has 2 heterocycles. The number of hydrogen-bond donors (Lipinski definition) is 4. The summed E-state index contributed by atoms with van der Waals surface area (Å²) in [7, 11) is 0. The van der Waals surface area contributed by atoms with E-state index < -0.39 is 30.7 Å². The van der Waals surface area contributed by atoms with Crippen LogP contribution in [0, 0.1) is 6.92 Å². The summed E-state index contributed by atoms with van der Waals surface area (Å²) in [5.41, 5.74) is 5.31. The molecular formula is C14H15N7O6. The first-order valence-corrected chi connectivity index (χ1v) is 7.34. The maximum Gasteiger partial charge on any atom is 0.350 e. The molecule has 0 atom stereocenters. The highest BCUT2D eigenvalue weighted by atomic mass is 16.4. The maximum atomic E-state index is 12.0. The number of nitrogens with two attached hydrogens (primary N) is 1. The van der Waals surface area contributed by atoms with Gasteiger partial charge in [-0.1, -0.05) is 0 Å². The molecule has 2 rings (SSSR count). The van der Waals surface area contributed by atoms with Gasteiger partial charge in [0.15, 0.2) is 11.6 Å². The minimum atomic E-state index is -1.28. The average molecular weight is 377 g/mol. The summed E-state index contributed by atoms with van der Waals surface area (Å²) in [4.78, 5) is 57.0. The molecule has 13 heteroatoms. The third-order valence-electron chi connectivity index (χ3n) is 3.29. The molecule has 0 aliphatic carbocycles. The second kappa shape index (κ2) is 7.90. The fraction of sp³-hybridized carbons (Fsp3) is 0.214.